The number of nitrogens with zero attached hydrogens (tertiary/aromatic N) is 10. The molecule has 0 atom stereocenters. The normalized spacial score (nSPS) is 10.8. The fraction of sp³-hybridized carbons (Fsp3) is 0.200. The van der Waals surface area contributed by atoms with Crippen molar-refractivity contribution in [2.24, 2.45) is 0 Å². The number of ether oxygens (including phenoxy) is 1. The Labute approximate surface area is 776 Å². The number of benzene rings is 10. The average Bonchev–Trinajstić information content (AvgIpc) is 1.62. The van der Waals surface area contributed by atoms with Crippen LogP contribution < -0.4 is 4.74 Å². The molecular formula is C100H95Cl4FN10O6S5. The van der Waals surface area contributed by atoms with E-state index in [0.717, 1.165) is 99.3 Å². The molecule has 646 valence electrons. The monoisotopic (exact) mass is 1850 g/mol. The Hall–Kier alpha value is -10.8. The summed E-state index contributed by atoms with van der Waals surface area (Å²) in [5.41, 5.74) is 20.0. The predicted molar refractivity (Wildman–Crippen MR) is 516 cm³/mol. The molecule has 0 aliphatic heterocycles. The van der Waals surface area contributed by atoms with Crippen molar-refractivity contribution in [3.05, 3.63) is 378 Å². The zero-order chi connectivity index (χ0) is 89.8. The number of Topliss-reactive ketones (excluding diaryl/α,β-unsaturated/α-hetero) is 5. The first-order valence-corrected chi connectivity index (χ1v) is 46.7. The quantitative estimate of drug-likeness (QED) is 0.0374. The zero-order valence-electron chi connectivity index (χ0n) is 71.4. The molecule has 0 radical (unpaired) electrons. The van der Waals surface area contributed by atoms with E-state index < -0.39 is 0 Å². The molecule has 5 aromatic heterocycles. The second-order valence-corrected chi connectivity index (χ2v) is 36.4. The highest BCUT2D eigenvalue weighted by atomic mass is 35.5. The molecule has 15 rings (SSSR count). The van der Waals surface area contributed by atoms with Crippen LogP contribution in [0.1, 0.15) is 77.9 Å². The minimum absolute atomic E-state index is 0.0959. The third-order valence-corrected chi connectivity index (χ3v) is 25.9. The van der Waals surface area contributed by atoms with Crippen LogP contribution in [0.25, 0.3) is 28.4 Å². The molecule has 0 amide bonds. The molecule has 0 N–H and O–H groups in total. The number of halogens is 5. The molecule has 10 aromatic carbocycles. The maximum atomic E-state index is 13.1. The van der Waals surface area contributed by atoms with Crippen LogP contribution in [0.15, 0.2) is 300 Å². The number of ketones is 5. The number of aryl methyl sites for hydroxylation is 9. The van der Waals surface area contributed by atoms with E-state index in [-0.39, 0.29) is 34.7 Å². The van der Waals surface area contributed by atoms with E-state index in [0.29, 0.717) is 86.1 Å². The summed E-state index contributed by atoms with van der Waals surface area (Å²) in [6, 6.07) is 67.6. The van der Waals surface area contributed by atoms with E-state index in [4.69, 9.17) is 51.1 Å². The first kappa shape index (κ1) is 95.9. The van der Waals surface area contributed by atoms with Crippen molar-refractivity contribution in [3.8, 4) is 34.2 Å². The van der Waals surface area contributed by atoms with Gasteiger partial charge in [-0.25, -0.2) is 29.3 Å². The summed E-state index contributed by atoms with van der Waals surface area (Å²) in [7, 11) is 1.65. The molecule has 0 bridgehead atoms. The summed E-state index contributed by atoms with van der Waals surface area (Å²) in [4.78, 5) is 83.2. The largest absolute Gasteiger partial charge is 0.497 e. The smallest absolute Gasteiger partial charge is 0.173 e. The van der Waals surface area contributed by atoms with Gasteiger partial charge in [-0.3, -0.25) is 46.8 Å². The number of aromatic nitrogens is 10. The maximum absolute atomic E-state index is 13.1. The highest BCUT2D eigenvalue weighted by Gasteiger charge is 2.18. The summed E-state index contributed by atoms with van der Waals surface area (Å²) in [5, 5.41) is 6.69. The number of hydrogen-bond donors (Lipinski definition) is 0. The maximum Gasteiger partial charge on any atom is 0.173 e. The number of imidazole rings is 5. The molecule has 0 saturated carbocycles. The summed E-state index contributed by atoms with van der Waals surface area (Å²) in [6.45, 7) is 18.2. The van der Waals surface area contributed by atoms with Crippen LogP contribution in [0.4, 0.5) is 4.39 Å². The zero-order valence-corrected chi connectivity index (χ0v) is 78.5. The lowest BCUT2D eigenvalue weighted by Gasteiger charge is -2.09. The fourth-order valence-corrected chi connectivity index (χ4v) is 17.8. The third kappa shape index (κ3) is 29.7. The van der Waals surface area contributed by atoms with Crippen LogP contribution in [-0.2, 0) is 56.1 Å². The van der Waals surface area contributed by atoms with Gasteiger partial charge in [0.1, 0.15) is 40.5 Å². The van der Waals surface area contributed by atoms with Crippen LogP contribution in [0.2, 0.25) is 20.1 Å². The second-order valence-electron chi connectivity index (χ2n) is 30.0. The molecule has 0 spiro atoms. The van der Waals surface area contributed by atoms with Gasteiger partial charge in [0.05, 0.1) is 35.9 Å². The molecular weight excluding hydrogens is 1760 g/mol. The Morgan fingerprint density at radius 3 is 0.873 bits per heavy atom. The van der Waals surface area contributed by atoms with Crippen molar-refractivity contribution < 1.29 is 33.1 Å². The Morgan fingerprint density at radius 1 is 0.302 bits per heavy atom. The first-order valence-electron chi connectivity index (χ1n) is 40.2. The van der Waals surface area contributed by atoms with E-state index in [1.54, 1.807) is 56.4 Å². The molecule has 16 nitrogen and oxygen atoms in total. The minimum atomic E-state index is -0.287. The molecule has 0 unspecified atom stereocenters. The predicted octanol–water partition coefficient (Wildman–Crippen LogP) is 24.4. The van der Waals surface area contributed by atoms with Crippen LogP contribution in [0.3, 0.4) is 0 Å². The van der Waals surface area contributed by atoms with E-state index in [1.165, 1.54) is 104 Å². The van der Waals surface area contributed by atoms with Crippen LogP contribution in [0.5, 0.6) is 5.75 Å². The van der Waals surface area contributed by atoms with Gasteiger partial charge >= 0.3 is 0 Å². The minimum Gasteiger partial charge on any atom is -0.497 e. The van der Waals surface area contributed by atoms with Gasteiger partial charge in [0.15, 0.2) is 25.8 Å². The van der Waals surface area contributed by atoms with E-state index in [2.05, 4.69) is 89.0 Å². The van der Waals surface area contributed by atoms with Gasteiger partial charge in [0.25, 0.3) is 0 Å². The lowest BCUT2D eigenvalue weighted by molar-refractivity contribution is -0.116. The van der Waals surface area contributed by atoms with Gasteiger partial charge in [-0.15, -0.1) is 0 Å². The Morgan fingerprint density at radius 2 is 0.579 bits per heavy atom. The summed E-state index contributed by atoms with van der Waals surface area (Å²) < 4.78 is 28.0. The van der Waals surface area contributed by atoms with Gasteiger partial charge in [-0.1, -0.05) is 219 Å². The number of rotatable bonds is 31. The van der Waals surface area contributed by atoms with Gasteiger partial charge in [0, 0.05) is 143 Å². The standard InChI is InChI=1S/2C21H21ClN2OS.C20H20N2O2S.C19H16ClFN2OS.C19H17ClN2OS/c2*1-14-8-15(2)10-18(9-14)24-7-6-23-21(24)26-13-19(25)11-17-5-4-16(3)20(22)12-17;1-15-3-5-16(6-4-15)13-18(23)14-25-20-21-11-12-22(20)17-7-9-19(24-2)10-8-17;1-13-2-3-14(11-18(13)20)10-17(24)12-25-19-22-8-9-23(19)16-6-4-15(21)5-7-16;1-14-5-7-15(8-6-14)11-18(23)13-24-19-21-9-10-22(19)17-4-2-3-16(20)12-17/h2*4-10,12H,11,13H2,1-3H3;3-12H,13-14H2,1-2H3;2-9,11H,10,12H2,1H3;2-10,12H,11,13H2,1H3. The van der Waals surface area contributed by atoms with Crippen molar-refractivity contribution >= 4 is 134 Å². The van der Waals surface area contributed by atoms with E-state index in [1.807, 2.05) is 234 Å². The van der Waals surface area contributed by atoms with Gasteiger partial charge in [-0.05, 0) is 238 Å². The van der Waals surface area contributed by atoms with Crippen molar-refractivity contribution in [2.45, 2.75) is 120 Å². The number of thioether (sulfide) groups is 5. The number of hydrogen-bond acceptors (Lipinski definition) is 16. The molecule has 15 aromatic rings. The summed E-state index contributed by atoms with van der Waals surface area (Å²) >= 11 is 31.6. The van der Waals surface area contributed by atoms with E-state index >= 15 is 0 Å². The fourth-order valence-electron chi connectivity index (χ4n) is 12.9. The first-order chi connectivity index (χ1) is 60.6. The molecule has 126 heavy (non-hydrogen) atoms. The molecule has 0 aliphatic carbocycles. The van der Waals surface area contributed by atoms with E-state index in [9.17, 15) is 28.4 Å². The number of carbonyl (C=O) groups is 5. The van der Waals surface area contributed by atoms with Gasteiger partial charge in [0.2, 0.25) is 0 Å². The van der Waals surface area contributed by atoms with Crippen LogP contribution in [-0.4, -0.2) is 113 Å². The number of methoxy groups -OCH3 is 1. The summed E-state index contributed by atoms with van der Waals surface area (Å²) in [5.74, 6) is 3.18. The third-order valence-electron chi connectivity index (χ3n) is 19.3. The van der Waals surface area contributed by atoms with Crippen molar-refractivity contribution in [2.75, 3.05) is 35.9 Å². The SMILES string of the molecule is COc1ccc(-n2ccnc2SCC(=O)Cc2ccc(C)cc2)cc1.Cc1cc(C)cc(-n2ccnc2SCC(=O)Cc2ccc(C)c(Cl)c2)c1.Cc1cc(C)cc(-n2ccnc2SCC(=O)Cc2ccc(C)c(Cl)c2)c1.Cc1ccc(CC(=O)CSc2nccn2-c2ccc(F)cc2)cc1Cl.Cc1ccc(CC(=O)CSc2nccn2-c2cccc(Cl)c2)cc1. The molecule has 0 saturated heterocycles. The van der Waals surface area contributed by atoms with Crippen molar-refractivity contribution in [3.63, 3.8) is 0 Å². The molecule has 0 aliphatic rings. The van der Waals surface area contributed by atoms with Crippen molar-refractivity contribution in [1.29, 1.82) is 0 Å². The topological polar surface area (TPSA) is 184 Å². The lowest BCUT2D eigenvalue weighted by atomic mass is 10.1. The molecule has 0 fully saturated rings. The second kappa shape index (κ2) is 47.7. The highest BCUT2D eigenvalue weighted by Crippen LogP contribution is 2.31. The van der Waals surface area contributed by atoms with Crippen LogP contribution in [0, 0.1) is 68.1 Å². The average molecular weight is 1850 g/mol. The summed E-state index contributed by atoms with van der Waals surface area (Å²) in [6.07, 6.45) is 20.1. The highest BCUT2D eigenvalue weighted by molar-refractivity contribution is 8.00. The number of carbonyl (C=O) groups excluding carboxylic acids is 5. The van der Waals surface area contributed by atoms with Gasteiger partial charge < -0.3 is 4.74 Å². The van der Waals surface area contributed by atoms with Gasteiger partial charge in [-0.2, -0.15) is 0 Å². The Balaban J connectivity index is 0.000000153. The Bertz CT molecular complexity index is 6020. The van der Waals surface area contributed by atoms with Crippen molar-refractivity contribution in [1.82, 2.24) is 47.8 Å². The lowest BCUT2D eigenvalue weighted by Crippen LogP contribution is -2.07. The Kier molecular flexibility index (Phi) is 36.3. The van der Waals surface area contributed by atoms with Crippen LogP contribution >= 0.6 is 105 Å². The molecule has 5 heterocycles. The molecule has 26 heteroatoms.